The normalized spacial score (nSPS) is 10.2. The van der Waals surface area contributed by atoms with Gasteiger partial charge in [0.15, 0.2) is 6.61 Å². The average molecular weight is 487 g/mol. The molecule has 0 aromatic heterocycles. The molecule has 9 heteroatoms. The number of anilines is 2. The standard InChI is InChI=1S/C24H20Cl2N2O5/c25-16-6-11-21(20(26)14-16)28-23(30)15-32-24(31)13-12-22(29)27-17-7-9-19(10-8-17)33-18-4-2-1-3-5-18/h1-11,14H,12-13,15H2,(H,27,29)(H,28,30). The zero-order chi connectivity index (χ0) is 23.6. The summed E-state index contributed by atoms with van der Waals surface area (Å²) in [6.45, 7) is -0.498. The van der Waals surface area contributed by atoms with E-state index in [-0.39, 0.29) is 23.8 Å². The number of hydrogen-bond donors (Lipinski definition) is 2. The third-order valence-corrected chi connectivity index (χ3v) is 4.79. The van der Waals surface area contributed by atoms with Crippen LogP contribution in [-0.2, 0) is 19.1 Å². The first-order valence-corrected chi connectivity index (χ1v) is 10.7. The van der Waals surface area contributed by atoms with Crippen molar-refractivity contribution in [2.24, 2.45) is 0 Å². The van der Waals surface area contributed by atoms with Crippen molar-refractivity contribution in [2.45, 2.75) is 12.8 Å². The quantitative estimate of drug-likeness (QED) is 0.379. The monoisotopic (exact) mass is 486 g/mol. The van der Waals surface area contributed by atoms with Crippen LogP contribution >= 0.6 is 23.2 Å². The van der Waals surface area contributed by atoms with Crippen molar-refractivity contribution in [3.05, 3.63) is 82.8 Å². The summed E-state index contributed by atoms with van der Waals surface area (Å²) in [4.78, 5) is 35.8. The van der Waals surface area contributed by atoms with E-state index in [0.29, 0.717) is 27.9 Å². The Hall–Kier alpha value is -3.55. The SMILES string of the molecule is O=C(CCC(=O)OCC(=O)Nc1ccc(Cl)cc1Cl)Nc1ccc(Oc2ccccc2)cc1. The fraction of sp³-hybridized carbons (Fsp3) is 0.125. The second kappa shape index (κ2) is 11.9. The number of halogens is 2. The summed E-state index contributed by atoms with van der Waals surface area (Å²) < 4.78 is 10.6. The van der Waals surface area contributed by atoms with Gasteiger partial charge in [0.25, 0.3) is 5.91 Å². The van der Waals surface area contributed by atoms with Gasteiger partial charge in [-0.1, -0.05) is 41.4 Å². The van der Waals surface area contributed by atoms with E-state index >= 15 is 0 Å². The summed E-state index contributed by atoms with van der Waals surface area (Å²) >= 11 is 11.8. The molecule has 0 atom stereocenters. The molecule has 3 aromatic rings. The molecule has 0 aliphatic heterocycles. The van der Waals surface area contributed by atoms with E-state index in [1.54, 1.807) is 30.3 Å². The van der Waals surface area contributed by atoms with E-state index in [9.17, 15) is 14.4 Å². The number of rotatable bonds is 9. The van der Waals surface area contributed by atoms with Crippen LogP contribution in [0.15, 0.2) is 72.8 Å². The van der Waals surface area contributed by atoms with Gasteiger partial charge < -0.3 is 20.1 Å². The molecule has 3 aromatic carbocycles. The molecule has 33 heavy (non-hydrogen) atoms. The Labute approximate surface area is 200 Å². The predicted molar refractivity (Wildman–Crippen MR) is 127 cm³/mol. The minimum Gasteiger partial charge on any atom is -0.457 e. The smallest absolute Gasteiger partial charge is 0.306 e. The van der Waals surface area contributed by atoms with Crippen LogP contribution in [0.1, 0.15) is 12.8 Å². The van der Waals surface area contributed by atoms with Gasteiger partial charge in [0, 0.05) is 17.1 Å². The van der Waals surface area contributed by atoms with Crippen LogP contribution in [0.2, 0.25) is 10.0 Å². The van der Waals surface area contributed by atoms with Gasteiger partial charge >= 0.3 is 5.97 Å². The molecule has 170 valence electrons. The highest BCUT2D eigenvalue weighted by atomic mass is 35.5. The van der Waals surface area contributed by atoms with Crippen molar-refractivity contribution >= 4 is 52.4 Å². The lowest BCUT2D eigenvalue weighted by Gasteiger charge is -2.09. The molecule has 3 rings (SSSR count). The Morgan fingerprint density at radius 1 is 0.758 bits per heavy atom. The van der Waals surface area contributed by atoms with E-state index in [1.807, 2.05) is 30.3 Å². The highest BCUT2D eigenvalue weighted by Crippen LogP contribution is 2.25. The van der Waals surface area contributed by atoms with E-state index in [1.165, 1.54) is 12.1 Å². The highest BCUT2D eigenvalue weighted by molar-refractivity contribution is 6.36. The molecular weight excluding hydrogens is 467 g/mol. The van der Waals surface area contributed by atoms with Crippen molar-refractivity contribution in [3.8, 4) is 11.5 Å². The number of para-hydroxylation sites is 1. The summed E-state index contributed by atoms with van der Waals surface area (Å²) in [6.07, 6.45) is -0.262. The van der Waals surface area contributed by atoms with Gasteiger partial charge in [0.05, 0.1) is 17.1 Å². The van der Waals surface area contributed by atoms with Crippen molar-refractivity contribution in [3.63, 3.8) is 0 Å². The second-order valence-corrected chi connectivity index (χ2v) is 7.66. The van der Waals surface area contributed by atoms with E-state index in [2.05, 4.69) is 10.6 Å². The third kappa shape index (κ3) is 8.14. The molecule has 7 nitrogen and oxygen atoms in total. The number of nitrogens with one attached hydrogen (secondary N) is 2. The molecule has 0 unspecified atom stereocenters. The molecule has 0 saturated heterocycles. The van der Waals surface area contributed by atoms with Gasteiger partial charge in [-0.3, -0.25) is 14.4 Å². The van der Waals surface area contributed by atoms with E-state index < -0.39 is 18.5 Å². The molecule has 0 fully saturated rings. The number of ether oxygens (including phenoxy) is 2. The van der Waals surface area contributed by atoms with Gasteiger partial charge in [0.2, 0.25) is 5.91 Å². The number of hydrogen-bond acceptors (Lipinski definition) is 5. The van der Waals surface area contributed by atoms with Crippen molar-refractivity contribution in [1.82, 2.24) is 0 Å². The summed E-state index contributed by atoms with van der Waals surface area (Å²) in [5.41, 5.74) is 0.912. The van der Waals surface area contributed by atoms with E-state index in [4.69, 9.17) is 32.7 Å². The lowest BCUT2D eigenvalue weighted by Crippen LogP contribution is -2.22. The van der Waals surface area contributed by atoms with Gasteiger partial charge in [-0.15, -0.1) is 0 Å². The summed E-state index contributed by atoms with van der Waals surface area (Å²) in [5, 5.41) is 5.90. The first-order chi connectivity index (χ1) is 15.9. The molecule has 0 saturated carbocycles. The maximum atomic E-state index is 12.1. The number of carbonyl (C=O) groups excluding carboxylic acids is 3. The van der Waals surface area contributed by atoms with Gasteiger partial charge in [-0.05, 0) is 54.6 Å². The van der Waals surface area contributed by atoms with E-state index in [0.717, 1.165) is 0 Å². The van der Waals surface area contributed by atoms with Gasteiger partial charge in [0.1, 0.15) is 11.5 Å². The summed E-state index contributed by atoms with van der Waals surface area (Å²) in [6, 6.07) is 20.7. The van der Waals surface area contributed by atoms with Crippen LogP contribution in [0.4, 0.5) is 11.4 Å². The number of amides is 2. The second-order valence-electron chi connectivity index (χ2n) is 6.82. The van der Waals surface area contributed by atoms with Crippen LogP contribution in [0.3, 0.4) is 0 Å². The molecule has 0 heterocycles. The molecule has 2 amide bonds. The number of esters is 1. The lowest BCUT2D eigenvalue weighted by molar-refractivity contribution is -0.147. The molecule has 0 aliphatic rings. The van der Waals surface area contributed by atoms with Crippen molar-refractivity contribution < 1.29 is 23.9 Å². The highest BCUT2D eigenvalue weighted by Gasteiger charge is 2.12. The van der Waals surface area contributed by atoms with Crippen LogP contribution in [0.25, 0.3) is 0 Å². The minimum atomic E-state index is -0.672. The maximum absolute atomic E-state index is 12.1. The summed E-state index contributed by atoms with van der Waals surface area (Å²) in [7, 11) is 0. The molecule has 0 bridgehead atoms. The first kappa shape index (κ1) is 24.1. The van der Waals surface area contributed by atoms with Crippen LogP contribution in [0, 0.1) is 0 Å². The third-order valence-electron chi connectivity index (χ3n) is 4.24. The fourth-order valence-corrected chi connectivity index (χ4v) is 3.12. The van der Waals surface area contributed by atoms with Crippen molar-refractivity contribution in [2.75, 3.05) is 17.2 Å². The lowest BCUT2D eigenvalue weighted by atomic mass is 10.2. The average Bonchev–Trinajstić information content (AvgIpc) is 2.80. The van der Waals surface area contributed by atoms with Crippen LogP contribution in [-0.4, -0.2) is 24.4 Å². The van der Waals surface area contributed by atoms with Gasteiger partial charge in [-0.2, -0.15) is 0 Å². The van der Waals surface area contributed by atoms with Crippen LogP contribution < -0.4 is 15.4 Å². The number of benzene rings is 3. The summed E-state index contributed by atoms with van der Waals surface area (Å²) in [5.74, 6) is -0.260. The van der Waals surface area contributed by atoms with Gasteiger partial charge in [-0.25, -0.2) is 0 Å². The molecule has 0 aliphatic carbocycles. The Bertz CT molecular complexity index is 1120. The largest absolute Gasteiger partial charge is 0.457 e. The molecule has 2 N–H and O–H groups in total. The number of carbonyl (C=O) groups is 3. The van der Waals surface area contributed by atoms with Crippen LogP contribution in [0.5, 0.6) is 11.5 Å². The topological polar surface area (TPSA) is 93.7 Å². The molecular formula is C24H20Cl2N2O5. The van der Waals surface area contributed by atoms with Crippen molar-refractivity contribution in [1.29, 1.82) is 0 Å². The Balaban J connectivity index is 1.36. The first-order valence-electron chi connectivity index (χ1n) is 9.92. The minimum absolute atomic E-state index is 0.0915. The predicted octanol–water partition coefficient (Wildman–Crippen LogP) is 5.69. The Kier molecular flexibility index (Phi) is 8.69. The Morgan fingerprint density at radius 3 is 2.15 bits per heavy atom. The molecule has 0 radical (unpaired) electrons. The zero-order valence-corrected chi connectivity index (χ0v) is 18.9. The Morgan fingerprint density at radius 2 is 1.45 bits per heavy atom. The molecule has 0 spiro atoms. The maximum Gasteiger partial charge on any atom is 0.306 e. The zero-order valence-electron chi connectivity index (χ0n) is 17.3. The fourth-order valence-electron chi connectivity index (χ4n) is 2.67.